The predicted octanol–water partition coefficient (Wildman–Crippen LogP) is 9.01. The van der Waals surface area contributed by atoms with Crippen LogP contribution in [0.3, 0.4) is 0 Å². The number of benzene rings is 3. The largest absolute Gasteiger partial charge is 0.335 e. The number of hydrogen-bond acceptors (Lipinski definition) is 2. The molecule has 3 heterocycles. The Bertz CT molecular complexity index is 1760. The molecule has 42 heavy (non-hydrogen) atoms. The van der Waals surface area contributed by atoms with E-state index >= 15 is 0 Å². The summed E-state index contributed by atoms with van der Waals surface area (Å²) >= 11 is 0. The zero-order valence-electron chi connectivity index (χ0n) is 26.1. The van der Waals surface area contributed by atoms with Crippen LogP contribution < -0.4 is 15.3 Å². The van der Waals surface area contributed by atoms with Crippen LogP contribution in [0.4, 0.5) is 22.7 Å². The molecule has 0 spiro atoms. The van der Waals surface area contributed by atoms with E-state index in [-0.39, 0.29) is 10.8 Å². The van der Waals surface area contributed by atoms with Gasteiger partial charge in [0.05, 0.1) is 12.1 Å². The summed E-state index contributed by atoms with van der Waals surface area (Å²) in [4.78, 5) is 5.36. The molecule has 0 saturated carbocycles. The van der Waals surface area contributed by atoms with Crippen molar-refractivity contribution in [2.45, 2.75) is 78.3 Å². The SMILES string of the molecule is Cc1cc2c3c(c1)N1c4ccccc4C4C=CC=C(B3C3=CC(C(C)(C)C)=CCC3N2c2ccc(C(C)(C)C)cc2)C41. The average molecular weight is 549 g/mol. The molecule has 0 saturated heterocycles. The second-order valence-corrected chi connectivity index (χ2v) is 15.1. The number of nitrogens with zero attached hydrogens (tertiary/aromatic N) is 2. The van der Waals surface area contributed by atoms with Crippen molar-refractivity contribution >= 4 is 34.9 Å². The highest BCUT2D eigenvalue weighted by Crippen LogP contribution is 2.56. The summed E-state index contributed by atoms with van der Waals surface area (Å²) in [6, 6.07) is 24.1. The maximum absolute atomic E-state index is 2.68. The van der Waals surface area contributed by atoms with Crippen LogP contribution in [0.25, 0.3) is 0 Å². The molecule has 0 radical (unpaired) electrons. The van der Waals surface area contributed by atoms with E-state index in [1.807, 2.05) is 0 Å². The van der Waals surface area contributed by atoms with Crippen LogP contribution >= 0.6 is 0 Å². The maximum atomic E-state index is 2.68. The number of para-hydroxylation sites is 1. The molecule has 3 atom stereocenters. The molecule has 0 bridgehead atoms. The van der Waals surface area contributed by atoms with Crippen LogP contribution in [-0.2, 0) is 5.41 Å². The summed E-state index contributed by atoms with van der Waals surface area (Å²) in [7, 11) is 0. The summed E-state index contributed by atoms with van der Waals surface area (Å²) in [5.41, 5.74) is 15.9. The molecule has 2 aliphatic carbocycles. The lowest BCUT2D eigenvalue weighted by molar-refractivity contribution is 0.509. The summed E-state index contributed by atoms with van der Waals surface area (Å²) in [6.45, 7) is 16.6. The van der Waals surface area contributed by atoms with E-state index in [1.54, 1.807) is 10.9 Å². The zero-order chi connectivity index (χ0) is 29.1. The number of rotatable bonds is 1. The third-order valence-corrected chi connectivity index (χ3v) is 10.3. The van der Waals surface area contributed by atoms with Crippen LogP contribution in [0.15, 0.2) is 108 Å². The first-order valence-corrected chi connectivity index (χ1v) is 15.8. The lowest BCUT2D eigenvalue weighted by atomic mass is 9.29. The molecule has 3 unspecified atom stereocenters. The van der Waals surface area contributed by atoms with E-state index in [0.29, 0.717) is 24.7 Å². The first-order chi connectivity index (χ1) is 20.0. The van der Waals surface area contributed by atoms with E-state index in [4.69, 9.17) is 0 Å². The van der Waals surface area contributed by atoms with Gasteiger partial charge >= 0.3 is 0 Å². The zero-order valence-corrected chi connectivity index (χ0v) is 26.1. The first kappa shape index (κ1) is 26.0. The molecule has 3 aromatic rings. The first-order valence-electron chi connectivity index (χ1n) is 15.8. The normalized spacial score (nSPS) is 23.5. The Balaban J connectivity index is 1.41. The number of aryl methyl sites for hydroxylation is 1. The standard InChI is InChI=1S/C39H41BN2/c1-24-21-34-36-35(22-24)42-32-14-9-8-11-28(32)29-12-10-13-30(37(29)42)40(36)31-23-26(39(5,6)7)17-20-33(31)41(34)27-18-15-25(16-19-27)38(2,3)4/h8-19,21-23,29,33,37H,20H2,1-7H3. The van der Waals surface area contributed by atoms with Gasteiger partial charge in [0, 0.05) is 28.7 Å². The quantitative estimate of drug-likeness (QED) is 0.280. The van der Waals surface area contributed by atoms with Gasteiger partial charge in [-0.05, 0) is 82.2 Å². The molecule has 3 aromatic carbocycles. The topological polar surface area (TPSA) is 6.48 Å². The Morgan fingerprint density at radius 1 is 0.786 bits per heavy atom. The van der Waals surface area contributed by atoms with Crippen LogP contribution in [0.2, 0.25) is 0 Å². The van der Waals surface area contributed by atoms with Crippen molar-refractivity contribution < 1.29 is 0 Å². The Kier molecular flexibility index (Phi) is 5.35. The predicted molar refractivity (Wildman–Crippen MR) is 180 cm³/mol. The minimum Gasteiger partial charge on any atom is -0.335 e. The van der Waals surface area contributed by atoms with Gasteiger partial charge in [-0.15, -0.1) is 0 Å². The molecule has 3 aliphatic heterocycles. The molecule has 0 amide bonds. The Morgan fingerprint density at radius 3 is 2.21 bits per heavy atom. The molecule has 0 aromatic heterocycles. The van der Waals surface area contributed by atoms with Crippen molar-refractivity contribution in [2.75, 3.05) is 9.80 Å². The highest BCUT2D eigenvalue weighted by molar-refractivity contribution is 6.90. The maximum Gasteiger partial charge on any atom is 0.242 e. The van der Waals surface area contributed by atoms with Crippen LogP contribution in [-0.4, -0.2) is 18.8 Å². The number of anilines is 4. The minimum absolute atomic E-state index is 0.112. The highest BCUT2D eigenvalue weighted by atomic mass is 15.2. The van der Waals surface area contributed by atoms with Gasteiger partial charge in [0.2, 0.25) is 6.71 Å². The van der Waals surface area contributed by atoms with E-state index in [2.05, 4.69) is 149 Å². The monoisotopic (exact) mass is 548 g/mol. The Hall–Kier alpha value is -3.72. The van der Waals surface area contributed by atoms with Gasteiger partial charge in [0.1, 0.15) is 0 Å². The second-order valence-electron chi connectivity index (χ2n) is 15.1. The lowest BCUT2D eigenvalue weighted by Crippen LogP contribution is -2.60. The van der Waals surface area contributed by atoms with Gasteiger partial charge in [-0.1, -0.05) is 113 Å². The van der Waals surface area contributed by atoms with E-state index in [1.165, 1.54) is 50.5 Å². The number of allylic oxidation sites excluding steroid dienone is 4. The van der Waals surface area contributed by atoms with Crippen molar-refractivity contribution in [2.24, 2.45) is 5.41 Å². The lowest BCUT2D eigenvalue weighted by Gasteiger charge is -2.52. The molecular weight excluding hydrogens is 507 g/mol. The summed E-state index contributed by atoms with van der Waals surface area (Å²) < 4.78 is 0. The molecule has 0 fully saturated rings. The van der Waals surface area contributed by atoms with Gasteiger partial charge in [-0.25, -0.2) is 0 Å². The molecule has 2 nitrogen and oxygen atoms in total. The summed E-state index contributed by atoms with van der Waals surface area (Å²) in [5.74, 6) is 0.390. The Morgan fingerprint density at radius 2 is 1.50 bits per heavy atom. The number of fused-ring (bicyclic) bond motifs is 7. The average Bonchev–Trinajstić information content (AvgIpc) is 3.29. The molecule has 8 rings (SSSR count). The summed E-state index contributed by atoms with van der Waals surface area (Å²) in [5, 5.41) is 0. The fourth-order valence-corrected chi connectivity index (χ4v) is 8.32. The van der Waals surface area contributed by atoms with Gasteiger partial charge in [-0.3, -0.25) is 0 Å². The second kappa shape index (κ2) is 8.66. The van der Waals surface area contributed by atoms with E-state index in [9.17, 15) is 0 Å². The van der Waals surface area contributed by atoms with Crippen LogP contribution in [0.1, 0.15) is 70.6 Å². The van der Waals surface area contributed by atoms with Crippen molar-refractivity contribution in [1.82, 2.24) is 0 Å². The molecule has 210 valence electrons. The molecule has 0 N–H and O–H groups in total. The highest BCUT2D eigenvalue weighted by Gasteiger charge is 2.54. The van der Waals surface area contributed by atoms with Gasteiger partial charge < -0.3 is 9.80 Å². The molecular formula is C39H41BN2. The van der Waals surface area contributed by atoms with Crippen molar-refractivity contribution in [3.8, 4) is 0 Å². The van der Waals surface area contributed by atoms with E-state index < -0.39 is 0 Å². The van der Waals surface area contributed by atoms with E-state index in [0.717, 1.165) is 6.42 Å². The minimum atomic E-state index is 0.112. The van der Waals surface area contributed by atoms with Crippen LogP contribution in [0.5, 0.6) is 0 Å². The summed E-state index contributed by atoms with van der Waals surface area (Å²) in [6.07, 6.45) is 13.4. The van der Waals surface area contributed by atoms with Crippen molar-refractivity contribution in [1.29, 1.82) is 0 Å². The van der Waals surface area contributed by atoms with Crippen molar-refractivity contribution in [3.63, 3.8) is 0 Å². The fraction of sp³-hybridized carbons (Fsp3) is 0.333. The molecule has 3 heteroatoms. The Labute approximate surface area is 252 Å². The third-order valence-electron chi connectivity index (χ3n) is 10.3. The smallest absolute Gasteiger partial charge is 0.242 e. The molecule has 5 aliphatic rings. The van der Waals surface area contributed by atoms with Gasteiger partial charge in [-0.2, -0.15) is 0 Å². The van der Waals surface area contributed by atoms with Crippen LogP contribution in [0, 0.1) is 12.3 Å². The van der Waals surface area contributed by atoms with Gasteiger partial charge in [0.15, 0.2) is 0 Å². The van der Waals surface area contributed by atoms with Gasteiger partial charge in [0.25, 0.3) is 0 Å². The fourth-order valence-electron chi connectivity index (χ4n) is 8.32. The number of hydrogen-bond donors (Lipinski definition) is 0. The van der Waals surface area contributed by atoms with Crippen molar-refractivity contribution in [3.05, 3.63) is 124 Å². The third kappa shape index (κ3) is 3.58.